The molecular formula is C14H13FN2O2. The Bertz CT molecular complexity index is 655. The predicted octanol–water partition coefficient (Wildman–Crippen LogP) is 3.13. The van der Waals surface area contributed by atoms with Crippen LogP contribution >= 0.6 is 0 Å². The smallest absolute Gasteiger partial charge is 0.339 e. The van der Waals surface area contributed by atoms with E-state index in [1.807, 2.05) is 13.8 Å². The van der Waals surface area contributed by atoms with Gasteiger partial charge in [0.15, 0.2) is 0 Å². The number of allylic oxidation sites excluding steroid dienone is 1. The SMILES string of the molecule is CC(C)=Cc1c(C(=O)O)cnn1-c1cccc(F)c1. The fraction of sp³-hybridized carbons (Fsp3) is 0.143. The van der Waals surface area contributed by atoms with Crippen LogP contribution in [0.15, 0.2) is 36.0 Å². The fourth-order valence-corrected chi connectivity index (χ4v) is 1.75. The van der Waals surface area contributed by atoms with Crippen LogP contribution in [0.4, 0.5) is 4.39 Å². The first-order valence-corrected chi connectivity index (χ1v) is 5.71. The summed E-state index contributed by atoms with van der Waals surface area (Å²) in [7, 11) is 0. The molecule has 0 spiro atoms. The normalized spacial score (nSPS) is 10.3. The van der Waals surface area contributed by atoms with E-state index in [9.17, 15) is 9.18 Å². The number of carboxylic acid groups (broad SMARTS) is 1. The van der Waals surface area contributed by atoms with Crippen molar-refractivity contribution in [2.24, 2.45) is 0 Å². The van der Waals surface area contributed by atoms with Gasteiger partial charge in [-0.3, -0.25) is 0 Å². The van der Waals surface area contributed by atoms with Gasteiger partial charge in [-0.1, -0.05) is 11.6 Å². The molecule has 0 amide bonds. The number of nitrogens with zero attached hydrogens (tertiary/aromatic N) is 2. The number of rotatable bonds is 3. The van der Waals surface area contributed by atoms with Gasteiger partial charge in [0.05, 0.1) is 17.6 Å². The Morgan fingerprint density at radius 3 is 2.74 bits per heavy atom. The van der Waals surface area contributed by atoms with Crippen LogP contribution in [0.1, 0.15) is 29.9 Å². The van der Waals surface area contributed by atoms with Gasteiger partial charge >= 0.3 is 5.97 Å². The molecule has 1 N–H and O–H groups in total. The van der Waals surface area contributed by atoms with Gasteiger partial charge in [0.2, 0.25) is 0 Å². The first-order valence-electron chi connectivity index (χ1n) is 5.71. The molecule has 2 rings (SSSR count). The van der Waals surface area contributed by atoms with E-state index in [4.69, 9.17) is 5.11 Å². The van der Waals surface area contributed by atoms with Crippen molar-refractivity contribution in [3.63, 3.8) is 0 Å². The molecule has 0 aliphatic carbocycles. The summed E-state index contributed by atoms with van der Waals surface area (Å²) in [6.45, 7) is 3.71. The van der Waals surface area contributed by atoms with Crippen molar-refractivity contribution in [2.45, 2.75) is 13.8 Å². The first-order chi connectivity index (χ1) is 8.99. The van der Waals surface area contributed by atoms with Crippen LogP contribution in [-0.2, 0) is 0 Å². The summed E-state index contributed by atoms with van der Waals surface area (Å²) < 4.78 is 14.7. The van der Waals surface area contributed by atoms with Crippen LogP contribution in [0.25, 0.3) is 11.8 Å². The highest BCUT2D eigenvalue weighted by atomic mass is 19.1. The lowest BCUT2D eigenvalue weighted by molar-refractivity contribution is 0.0696. The molecule has 98 valence electrons. The summed E-state index contributed by atoms with van der Waals surface area (Å²) in [5.41, 5.74) is 1.93. The molecule has 0 bridgehead atoms. The summed E-state index contributed by atoms with van der Waals surface area (Å²) in [6.07, 6.45) is 2.98. The largest absolute Gasteiger partial charge is 0.478 e. The van der Waals surface area contributed by atoms with Crippen LogP contribution in [0.3, 0.4) is 0 Å². The van der Waals surface area contributed by atoms with Gasteiger partial charge in [-0.2, -0.15) is 5.10 Å². The quantitative estimate of drug-likeness (QED) is 0.922. The average Bonchev–Trinajstić information content (AvgIpc) is 2.71. The van der Waals surface area contributed by atoms with E-state index >= 15 is 0 Å². The van der Waals surface area contributed by atoms with Crippen molar-refractivity contribution in [1.82, 2.24) is 9.78 Å². The van der Waals surface area contributed by atoms with Crippen molar-refractivity contribution < 1.29 is 14.3 Å². The number of hydrogen-bond donors (Lipinski definition) is 1. The number of aromatic nitrogens is 2. The Morgan fingerprint density at radius 1 is 1.42 bits per heavy atom. The van der Waals surface area contributed by atoms with Gasteiger partial charge in [-0.05, 0) is 38.1 Å². The molecule has 19 heavy (non-hydrogen) atoms. The number of aromatic carboxylic acids is 1. The number of hydrogen-bond acceptors (Lipinski definition) is 2. The van der Waals surface area contributed by atoms with Gasteiger partial charge in [-0.25, -0.2) is 13.9 Å². The predicted molar refractivity (Wildman–Crippen MR) is 69.8 cm³/mol. The number of benzene rings is 1. The molecule has 0 fully saturated rings. The standard InChI is InChI=1S/C14H13FN2O2/c1-9(2)6-13-12(14(18)19)8-16-17(13)11-5-3-4-10(15)7-11/h3-8H,1-2H3,(H,18,19). The van der Waals surface area contributed by atoms with E-state index in [2.05, 4.69) is 5.10 Å². The Balaban J connectivity index is 2.64. The molecule has 1 heterocycles. The molecule has 0 saturated heterocycles. The summed E-state index contributed by atoms with van der Waals surface area (Å²) >= 11 is 0. The molecule has 1 aromatic carbocycles. The van der Waals surface area contributed by atoms with E-state index in [1.165, 1.54) is 23.0 Å². The van der Waals surface area contributed by atoms with E-state index in [-0.39, 0.29) is 5.56 Å². The lowest BCUT2D eigenvalue weighted by atomic mass is 10.2. The molecule has 5 heteroatoms. The zero-order chi connectivity index (χ0) is 14.0. The van der Waals surface area contributed by atoms with E-state index < -0.39 is 11.8 Å². The Hall–Kier alpha value is -2.43. The summed E-state index contributed by atoms with van der Waals surface area (Å²) in [6, 6.07) is 5.86. The molecule has 0 atom stereocenters. The highest BCUT2D eigenvalue weighted by molar-refractivity contribution is 5.91. The number of halogens is 1. The van der Waals surface area contributed by atoms with Gasteiger partial charge in [0, 0.05) is 0 Å². The highest BCUT2D eigenvalue weighted by Gasteiger charge is 2.16. The van der Waals surface area contributed by atoms with Gasteiger partial charge in [0.1, 0.15) is 11.4 Å². The number of carbonyl (C=O) groups is 1. The maximum Gasteiger partial charge on any atom is 0.339 e. The van der Waals surface area contributed by atoms with E-state index in [0.29, 0.717) is 11.4 Å². The van der Waals surface area contributed by atoms with Gasteiger partial charge in [0.25, 0.3) is 0 Å². The zero-order valence-electron chi connectivity index (χ0n) is 10.6. The molecule has 2 aromatic rings. The van der Waals surface area contributed by atoms with Crippen molar-refractivity contribution >= 4 is 12.0 Å². The van der Waals surface area contributed by atoms with Crippen LogP contribution in [0, 0.1) is 5.82 Å². The van der Waals surface area contributed by atoms with E-state index in [0.717, 1.165) is 5.57 Å². The van der Waals surface area contributed by atoms with Crippen LogP contribution in [0.2, 0.25) is 0 Å². The van der Waals surface area contributed by atoms with E-state index in [1.54, 1.807) is 18.2 Å². The minimum atomic E-state index is -1.06. The summed E-state index contributed by atoms with van der Waals surface area (Å²) in [5.74, 6) is -1.46. The second-order valence-electron chi connectivity index (χ2n) is 4.36. The van der Waals surface area contributed by atoms with Crippen molar-refractivity contribution in [1.29, 1.82) is 0 Å². The Kier molecular flexibility index (Phi) is 3.46. The van der Waals surface area contributed by atoms with Crippen molar-refractivity contribution in [3.05, 3.63) is 53.1 Å². The topological polar surface area (TPSA) is 55.1 Å². The van der Waals surface area contributed by atoms with Crippen LogP contribution < -0.4 is 0 Å². The maximum absolute atomic E-state index is 13.2. The zero-order valence-corrected chi connectivity index (χ0v) is 10.6. The molecule has 4 nitrogen and oxygen atoms in total. The average molecular weight is 260 g/mol. The van der Waals surface area contributed by atoms with Crippen LogP contribution in [0.5, 0.6) is 0 Å². The minimum absolute atomic E-state index is 0.0884. The molecule has 1 aromatic heterocycles. The molecule has 0 aliphatic rings. The highest BCUT2D eigenvalue weighted by Crippen LogP contribution is 2.18. The third-order valence-corrected chi connectivity index (χ3v) is 2.52. The molecule has 0 unspecified atom stereocenters. The molecule has 0 radical (unpaired) electrons. The van der Waals surface area contributed by atoms with Gasteiger partial charge < -0.3 is 5.11 Å². The fourth-order valence-electron chi connectivity index (χ4n) is 1.75. The minimum Gasteiger partial charge on any atom is -0.478 e. The van der Waals surface area contributed by atoms with Crippen molar-refractivity contribution in [3.8, 4) is 5.69 Å². The second-order valence-corrected chi connectivity index (χ2v) is 4.36. The number of carboxylic acids is 1. The lowest BCUT2D eigenvalue weighted by Gasteiger charge is -2.06. The Morgan fingerprint density at radius 2 is 2.16 bits per heavy atom. The Labute approximate surface area is 109 Å². The van der Waals surface area contributed by atoms with Gasteiger partial charge in [-0.15, -0.1) is 0 Å². The molecular weight excluding hydrogens is 247 g/mol. The summed E-state index contributed by atoms with van der Waals surface area (Å²) in [4.78, 5) is 11.2. The monoisotopic (exact) mass is 260 g/mol. The lowest BCUT2D eigenvalue weighted by Crippen LogP contribution is -2.03. The third-order valence-electron chi connectivity index (χ3n) is 2.52. The second kappa shape index (κ2) is 5.06. The maximum atomic E-state index is 13.2. The summed E-state index contributed by atoms with van der Waals surface area (Å²) in [5, 5.41) is 13.2. The third kappa shape index (κ3) is 2.70. The molecule has 0 aliphatic heterocycles. The van der Waals surface area contributed by atoms with Crippen LogP contribution in [-0.4, -0.2) is 20.9 Å². The van der Waals surface area contributed by atoms with Crippen molar-refractivity contribution in [2.75, 3.05) is 0 Å². The first kappa shape index (κ1) is 13.0. The molecule has 0 saturated carbocycles.